The number of hydrogen-bond donors (Lipinski definition) is 2. The van der Waals surface area contributed by atoms with Crippen LogP contribution in [0.25, 0.3) is 11.4 Å². The van der Waals surface area contributed by atoms with Crippen LogP contribution in [-0.4, -0.2) is 39.1 Å². The maximum absolute atomic E-state index is 13.6. The van der Waals surface area contributed by atoms with E-state index in [1.54, 1.807) is 0 Å². The second-order valence-corrected chi connectivity index (χ2v) is 5.14. The van der Waals surface area contributed by atoms with E-state index in [-0.39, 0.29) is 0 Å². The molecule has 0 amide bonds. The lowest BCUT2D eigenvalue weighted by atomic mass is 9.96. The summed E-state index contributed by atoms with van der Waals surface area (Å²) in [6, 6.07) is 0. The van der Waals surface area contributed by atoms with Crippen LogP contribution in [0.15, 0.2) is 12.4 Å². The van der Waals surface area contributed by atoms with Crippen LogP contribution in [0.2, 0.25) is 0 Å². The van der Waals surface area contributed by atoms with Gasteiger partial charge in [0.05, 0.1) is 12.7 Å². The molecule has 2 rings (SSSR count). The topological polar surface area (TPSA) is 105 Å². The van der Waals surface area contributed by atoms with E-state index in [0.29, 0.717) is 0 Å². The van der Waals surface area contributed by atoms with E-state index in [0.717, 1.165) is 19.5 Å². The zero-order valence-electron chi connectivity index (χ0n) is 12.5. The van der Waals surface area contributed by atoms with Gasteiger partial charge in [0.2, 0.25) is 0 Å². The van der Waals surface area contributed by atoms with Crippen molar-refractivity contribution in [2.24, 2.45) is 0 Å². The average molecular weight is 400 g/mol. The molecule has 0 aliphatic rings. The van der Waals surface area contributed by atoms with Gasteiger partial charge in [0.15, 0.2) is 5.69 Å². The molecule has 140 valence electrons. The van der Waals surface area contributed by atoms with Crippen molar-refractivity contribution in [3.05, 3.63) is 34.9 Å². The average Bonchev–Trinajstić information content (AvgIpc) is 3.04. The van der Waals surface area contributed by atoms with Crippen LogP contribution in [0, 0.1) is 0 Å². The highest BCUT2D eigenvalue weighted by Gasteiger charge is 2.46. The van der Waals surface area contributed by atoms with E-state index < -0.39 is 57.4 Å². The number of H-pyrrole nitrogens is 1. The minimum Gasteiger partial charge on any atom is -0.478 e. The van der Waals surface area contributed by atoms with Crippen molar-refractivity contribution in [3.8, 4) is 11.4 Å². The first kappa shape index (κ1) is 19.6. The molecule has 0 atom stereocenters. The quantitative estimate of drug-likeness (QED) is 0.464. The molecule has 13 heteroatoms. The summed E-state index contributed by atoms with van der Waals surface area (Å²) in [7, 11) is 0.721. The number of aromatic carboxylic acids is 1. The summed E-state index contributed by atoms with van der Waals surface area (Å²) >= 11 is 4.76. The lowest BCUT2D eigenvalue weighted by Crippen LogP contribution is -2.25. The summed E-state index contributed by atoms with van der Waals surface area (Å²) < 4.78 is 71.4. The normalized spacial score (nSPS) is 12.1. The molecule has 2 heterocycles. The zero-order chi connectivity index (χ0) is 19.9. The molecule has 7 nitrogen and oxygen atoms in total. The molecule has 0 aliphatic carbocycles. The SMILES string of the molecule is COC(=O)c1c(C(F)(F)F)nc(C(F)(F)Cl)c(C(=O)O)c1-c1ncc[nH]1. The van der Waals surface area contributed by atoms with Crippen LogP contribution in [0.1, 0.15) is 32.1 Å². The van der Waals surface area contributed by atoms with Crippen LogP contribution in [0.3, 0.4) is 0 Å². The van der Waals surface area contributed by atoms with Crippen LogP contribution >= 0.6 is 11.6 Å². The number of aromatic nitrogens is 3. The summed E-state index contributed by atoms with van der Waals surface area (Å²) in [4.78, 5) is 31.9. The first-order valence-electron chi connectivity index (χ1n) is 6.43. The van der Waals surface area contributed by atoms with Crippen molar-refractivity contribution in [2.75, 3.05) is 7.11 Å². The summed E-state index contributed by atoms with van der Waals surface area (Å²) in [5.41, 5.74) is -7.87. The number of imidazole rings is 1. The van der Waals surface area contributed by atoms with E-state index >= 15 is 0 Å². The number of carboxylic acid groups (broad SMARTS) is 1. The number of carbonyl (C=O) groups excluding carboxylic acids is 1. The van der Waals surface area contributed by atoms with Gasteiger partial charge in [-0.05, 0) is 11.6 Å². The highest BCUT2D eigenvalue weighted by molar-refractivity contribution is 6.22. The molecule has 2 aromatic heterocycles. The van der Waals surface area contributed by atoms with Crippen LogP contribution in [-0.2, 0) is 16.3 Å². The van der Waals surface area contributed by atoms with E-state index in [2.05, 4.69) is 19.7 Å². The van der Waals surface area contributed by atoms with E-state index in [9.17, 15) is 36.6 Å². The van der Waals surface area contributed by atoms with Crippen molar-refractivity contribution < 1.29 is 41.4 Å². The molecule has 2 N–H and O–H groups in total. The standard InChI is InChI=1S/C13H7ClF5N3O4/c1-26-11(25)6-4(9-20-2-3-21-9)5(10(23)24)7(12(14,15)16)22-8(6)13(17,18)19/h2-3H,1H3,(H,20,21)(H,23,24). The van der Waals surface area contributed by atoms with Gasteiger partial charge in [-0.3, -0.25) is 0 Å². The first-order chi connectivity index (χ1) is 11.9. The van der Waals surface area contributed by atoms with Gasteiger partial charge in [0.1, 0.15) is 22.6 Å². The Morgan fingerprint density at radius 2 is 1.81 bits per heavy atom. The third-order valence-corrected chi connectivity index (χ3v) is 3.25. The van der Waals surface area contributed by atoms with Gasteiger partial charge >= 0.3 is 23.5 Å². The number of halogens is 6. The number of carbonyl (C=O) groups is 2. The van der Waals surface area contributed by atoms with Crippen molar-refractivity contribution in [1.82, 2.24) is 15.0 Å². The number of methoxy groups -OCH3 is 1. The lowest BCUT2D eigenvalue weighted by molar-refractivity contribution is -0.142. The van der Waals surface area contributed by atoms with E-state index in [1.807, 2.05) is 0 Å². The predicted molar refractivity (Wildman–Crippen MR) is 74.9 cm³/mol. The number of ether oxygens (including phenoxy) is 1. The Morgan fingerprint density at radius 1 is 1.19 bits per heavy atom. The molecule has 0 aliphatic heterocycles. The van der Waals surface area contributed by atoms with Crippen LogP contribution in [0.5, 0.6) is 0 Å². The second-order valence-electron chi connectivity index (χ2n) is 4.66. The third-order valence-electron chi connectivity index (χ3n) is 3.07. The highest BCUT2D eigenvalue weighted by Crippen LogP contribution is 2.43. The molecule has 2 aromatic rings. The van der Waals surface area contributed by atoms with Crippen molar-refractivity contribution in [2.45, 2.75) is 11.6 Å². The van der Waals surface area contributed by atoms with Gasteiger partial charge in [-0.1, -0.05) is 0 Å². The molecule has 0 saturated heterocycles. The first-order valence-corrected chi connectivity index (χ1v) is 6.81. The number of alkyl halides is 6. The molecule has 0 fully saturated rings. The Labute approximate surface area is 145 Å². The molecule has 0 unspecified atom stereocenters. The van der Waals surface area contributed by atoms with E-state index in [1.165, 1.54) is 0 Å². The number of pyridine rings is 1. The fraction of sp³-hybridized carbons (Fsp3) is 0.231. The number of esters is 1. The minimum atomic E-state index is -5.40. The summed E-state index contributed by atoms with van der Waals surface area (Å²) in [5.74, 6) is -4.35. The largest absolute Gasteiger partial charge is 0.478 e. The molecule has 26 heavy (non-hydrogen) atoms. The lowest BCUT2D eigenvalue weighted by Gasteiger charge is -2.20. The maximum atomic E-state index is 13.6. The van der Waals surface area contributed by atoms with Crippen LogP contribution < -0.4 is 0 Å². The van der Waals surface area contributed by atoms with Gasteiger partial charge in [-0.25, -0.2) is 19.6 Å². The van der Waals surface area contributed by atoms with Gasteiger partial charge in [0.25, 0.3) is 0 Å². The molecule has 0 saturated carbocycles. The summed E-state index contributed by atoms with van der Waals surface area (Å²) in [5, 5.41) is 4.69. The molecule has 0 spiro atoms. The molecule has 0 aromatic carbocycles. The molecule has 0 bridgehead atoms. The fourth-order valence-corrected chi connectivity index (χ4v) is 2.28. The number of nitrogens with zero attached hydrogens (tertiary/aromatic N) is 2. The van der Waals surface area contributed by atoms with Gasteiger partial charge in [-0.2, -0.15) is 22.0 Å². The highest BCUT2D eigenvalue weighted by atomic mass is 35.5. The number of nitrogens with one attached hydrogen (secondary N) is 1. The Bertz CT molecular complexity index is 862. The van der Waals surface area contributed by atoms with Gasteiger partial charge in [0, 0.05) is 12.4 Å². The number of rotatable bonds is 4. The zero-order valence-corrected chi connectivity index (χ0v) is 13.2. The molecular weight excluding hydrogens is 393 g/mol. The minimum absolute atomic E-state index is 0.599. The number of aromatic amines is 1. The summed E-state index contributed by atoms with van der Waals surface area (Å²) in [6.45, 7) is 0. The van der Waals surface area contributed by atoms with Crippen molar-refractivity contribution in [1.29, 1.82) is 0 Å². The fourth-order valence-electron chi connectivity index (χ4n) is 2.14. The maximum Gasteiger partial charge on any atom is 0.434 e. The molecule has 0 radical (unpaired) electrons. The Balaban J connectivity index is 3.14. The van der Waals surface area contributed by atoms with Crippen molar-refractivity contribution in [3.63, 3.8) is 0 Å². The van der Waals surface area contributed by atoms with Gasteiger partial charge in [-0.15, -0.1) is 0 Å². The Morgan fingerprint density at radius 3 is 2.19 bits per heavy atom. The van der Waals surface area contributed by atoms with Crippen molar-refractivity contribution >= 4 is 23.5 Å². The smallest absolute Gasteiger partial charge is 0.434 e. The number of hydrogen-bond acceptors (Lipinski definition) is 5. The monoisotopic (exact) mass is 399 g/mol. The van der Waals surface area contributed by atoms with E-state index in [4.69, 9.17) is 11.6 Å². The second kappa shape index (κ2) is 6.52. The summed E-state index contributed by atoms with van der Waals surface area (Å²) in [6.07, 6.45) is -3.32. The predicted octanol–water partition coefficient (Wildman–Crippen LogP) is 3.26. The third kappa shape index (κ3) is 3.45. The van der Waals surface area contributed by atoms with Gasteiger partial charge < -0.3 is 14.8 Å². The Hall–Kier alpha value is -2.76. The molecular formula is C13H7ClF5N3O4. The number of carboxylic acids is 1. The Kier molecular flexibility index (Phi) is 4.90. The van der Waals surface area contributed by atoms with Crippen LogP contribution in [0.4, 0.5) is 22.0 Å².